The smallest absolute Gasteiger partial charge is 0.325 e. The third-order valence-electron chi connectivity index (χ3n) is 3.11. The number of fused-ring (bicyclic) bond motifs is 1. The Morgan fingerprint density at radius 1 is 1.47 bits per heavy atom. The molecule has 0 radical (unpaired) electrons. The van der Waals surface area contributed by atoms with Crippen molar-refractivity contribution in [3.05, 3.63) is 34.9 Å². The summed E-state index contributed by atoms with van der Waals surface area (Å²) in [5, 5.41) is 11.8. The summed E-state index contributed by atoms with van der Waals surface area (Å²) in [6.45, 7) is 3.99. The number of nitrogens with one attached hydrogen (secondary N) is 1. The van der Waals surface area contributed by atoms with E-state index in [9.17, 15) is 13.6 Å². The van der Waals surface area contributed by atoms with Crippen LogP contribution in [0.5, 0.6) is 0 Å². The van der Waals surface area contributed by atoms with E-state index < -0.39 is 29.1 Å². The molecule has 2 N–H and O–H groups in total. The van der Waals surface area contributed by atoms with E-state index in [4.69, 9.17) is 5.11 Å². The van der Waals surface area contributed by atoms with E-state index in [2.05, 4.69) is 5.32 Å². The molecule has 92 valence electrons. The maximum Gasteiger partial charge on any atom is 0.325 e. The maximum atomic E-state index is 13.7. The van der Waals surface area contributed by atoms with Crippen LogP contribution in [0.25, 0.3) is 0 Å². The Morgan fingerprint density at radius 2 is 2.12 bits per heavy atom. The SMILES string of the molecule is CC1(C)CNC(C(=O)O)c2c(F)cc(F)cc21. The molecule has 17 heavy (non-hydrogen) atoms. The van der Waals surface area contributed by atoms with Crippen molar-refractivity contribution >= 4 is 5.97 Å². The Hall–Kier alpha value is -1.49. The van der Waals surface area contributed by atoms with Gasteiger partial charge in [0.15, 0.2) is 0 Å². The number of benzene rings is 1. The molecular weight excluding hydrogens is 228 g/mol. The molecule has 1 unspecified atom stereocenters. The minimum Gasteiger partial charge on any atom is -0.480 e. The highest BCUT2D eigenvalue weighted by Crippen LogP contribution is 2.36. The number of halogens is 2. The molecule has 3 nitrogen and oxygen atoms in total. The van der Waals surface area contributed by atoms with Crippen LogP contribution in [0.4, 0.5) is 8.78 Å². The van der Waals surface area contributed by atoms with Gasteiger partial charge in [-0.15, -0.1) is 0 Å². The van der Waals surface area contributed by atoms with E-state index in [1.54, 1.807) is 0 Å². The fourth-order valence-corrected chi connectivity index (χ4v) is 2.20. The van der Waals surface area contributed by atoms with Crippen molar-refractivity contribution in [3.63, 3.8) is 0 Å². The van der Waals surface area contributed by atoms with Gasteiger partial charge in [-0.05, 0) is 11.6 Å². The van der Waals surface area contributed by atoms with E-state index in [0.29, 0.717) is 12.1 Å². The standard InChI is InChI=1S/C12H13F2NO2/c1-12(2)5-15-10(11(16)17)9-7(12)3-6(13)4-8(9)14/h3-4,10,15H,5H2,1-2H3,(H,16,17). The Bertz CT molecular complexity index is 486. The van der Waals surface area contributed by atoms with Gasteiger partial charge < -0.3 is 5.11 Å². The molecule has 1 heterocycles. The molecule has 0 amide bonds. The van der Waals surface area contributed by atoms with E-state index in [0.717, 1.165) is 6.07 Å². The topological polar surface area (TPSA) is 49.3 Å². The summed E-state index contributed by atoms with van der Waals surface area (Å²) < 4.78 is 27.0. The van der Waals surface area contributed by atoms with Gasteiger partial charge in [0.05, 0.1) is 0 Å². The molecule has 0 saturated carbocycles. The largest absolute Gasteiger partial charge is 0.480 e. The molecule has 1 aliphatic rings. The lowest BCUT2D eigenvalue weighted by Crippen LogP contribution is -2.45. The van der Waals surface area contributed by atoms with Gasteiger partial charge in [0.2, 0.25) is 0 Å². The quantitative estimate of drug-likeness (QED) is 0.790. The molecule has 0 bridgehead atoms. The van der Waals surface area contributed by atoms with Crippen LogP contribution in [0.1, 0.15) is 31.0 Å². The van der Waals surface area contributed by atoms with Crippen LogP contribution in [0, 0.1) is 11.6 Å². The summed E-state index contributed by atoms with van der Waals surface area (Å²) in [7, 11) is 0. The lowest BCUT2D eigenvalue weighted by molar-refractivity contribution is -0.140. The predicted molar refractivity (Wildman–Crippen MR) is 57.8 cm³/mol. The van der Waals surface area contributed by atoms with E-state index >= 15 is 0 Å². The van der Waals surface area contributed by atoms with Crippen LogP contribution < -0.4 is 5.32 Å². The molecule has 2 rings (SSSR count). The molecule has 0 aromatic heterocycles. The number of hydrogen-bond donors (Lipinski definition) is 2. The van der Waals surface area contributed by atoms with E-state index in [1.807, 2.05) is 13.8 Å². The first kappa shape index (κ1) is 12.0. The second-order valence-corrected chi connectivity index (χ2v) is 4.88. The average molecular weight is 241 g/mol. The first-order valence-electron chi connectivity index (χ1n) is 5.28. The van der Waals surface area contributed by atoms with Crippen molar-refractivity contribution in [1.29, 1.82) is 0 Å². The zero-order valence-corrected chi connectivity index (χ0v) is 9.55. The Kier molecular flexibility index (Phi) is 2.66. The average Bonchev–Trinajstić information content (AvgIpc) is 2.18. The van der Waals surface area contributed by atoms with Gasteiger partial charge in [0, 0.05) is 23.6 Å². The highest BCUT2D eigenvalue weighted by atomic mass is 19.1. The summed E-state index contributed by atoms with van der Waals surface area (Å²) in [5.74, 6) is -2.65. The summed E-state index contributed by atoms with van der Waals surface area (Å²) in [4.78, 5) is 11.0. The van der Waals surface area contributed by atoms with Crippen molar-refractivity contribution in [2.45, 2.75) is 25.3 Å². The van der Waals surface area contributed by atoms with Crippen molar-refractivity contribution in [3.8, 4) is 0 Å². The molecule has 1 aromatic carbocycles. The minimum absolute atomic E-state index is 0.0372. The van der Waals surface area contributed by atoms with Crippen LogP contribution in [0.2, 0.25) is 0 Å². The van der Waals surface area contributed by atoms with E-state index in [-0.39, 0.29) is 5.56 Å². The monoisotopic (exact) mass is 241 g/mol. The van der Waals surface area contributed by atoms with Crippen molar-refractivity contribution in [2.75, 3.05) is 6.54 Å². The fourth-order valence-electron chi connectivity index (χ4n) is 2.20. The second-order valence-electron chi connectivity index (χ2n) is 4.88. The third-order valence-corrected chi connectivity index (χ3v) is 3.11. The van der Waals surface area contributed by atoms with Crippen molar-refractivity contribution in [1.82, 2.24) is 5.32 Å². The third kappa shape index (κ3) is 1.91. The first-order valence-corrected chi connectivity index (χ1v) is 5.28. The van der Waals surface area contributed by atoms with Gasteiger partial charge in [0.1, 0.15) is 17.7 Å². The Morgan fingerprint density at radius 3 is 2.71 bits per heavy atom. The van der Waals surface area contributed by atoms with Gasteiger partial charge in [-0.3, -0.25) is 10.1 Å². The summed E-state index contributed by atoms with van der Waals surface area (Å²) in [5.41, 5.74) is -0.0409. The summed E-state index contributed by atoms with van der Waals surface area (Å²) >= 11 is 0. The van der Waals surface area contributed by atoms with Crippen LogP contribution in [0.15, 0.2) is 12.1 Å². The molecule has 1 aromatic rings. The number of carbonyl (C=O) groups is 1. The fraction of sp³-hybridized carbons (Fsp3) is 0.417. The number of carboxylic acids is 1. The summed E-state index contributed by atoms with van der Waals surface area (Å²) in [6.07, 6.45) is 0. The Balaban J connectivity index is 2.68. The maximum absolute atomic E-state index is 13.7. The van der Waals surface area contributed by atoms with Crippen molar-refractivity contribution < 1.29 is 18.7 Å². The number of hydrogen-bond acceptors (Lipinski definition) is 2. The molecule has 1 atom stereocenters. The zero-order valence-electron chi connectivity index (χ0n) is 9.55. The number of carboxylic acid groups (broad SMARTS) is 1. The lowest BCUT2D eigenvalue weighted by atomic mass is 9.76. The first-order chi connectivity index (χ1) is 7.83. The minimum atomic E-state index is -1.16. The van der Waals surface area contributed by atoms with Crippen LogP contribution in [-0.4, -0.2) is 17.6 Å². The van der Waals surface area contributed by atoms with Crippen LogP contribution >= 0.6 is 0 Å². The van der Waals surface area contributed by atoms with Gasteiger partial charge in [0.25, 0.3) is 0 Å². The Labute approximate surface area is 97.5 Å². The summed E-state index contributed by atoms with van der Waals surface area (Å²) in [6, 6.07) is 0.825. The van der Waals surface area contributed by atoms with Gasteiger partial charge in [-0.2, -0.15) is 0 Å². The normalized spacial score (nSPS) is 22.0. The van der Waals surface area contributed by atoms with E-state index in [1.165, 1.54) is 6.07 Å². The van der Waals surface area contributed by atoms with Gasteiger partial charge in [-0.25, -0.2) is 8.78 Å². The molecule has 1 aliphatic heterocycles. The van der Waals surface area contributed by atoms with Gasteiger partial charge >= 0.3 is 5.97 Å². The molecule has 0 spiro atoms. The van der Waals surface area contributed by atoms with Gasteiger partial charge in [-0.1, -0.05) is 13.8 Å². The van der Waals surface area contributed by atoms with Crippen molar-refractivity contribution in [2.24, 2.45) is 0 Å². The lowest BCUT2D eigenvalue weighted by Gasteiger charge is -2.36. The zero-order chi connectivity index (χ0) is 12.8. The molecule has 0 aliphatic carbocycles. The van der Waals surface area contributed by atoms with Crippen LogP contribution in [-0.2, 0) is 10.2 Å². The molecular formula is C12H13F2NO2. The molecule has 5 heteroatoms. The predicted octanol–water partition coefficient (Wildman–Crippen LogP) is 1.97. The molecule has 0 saturated heterocycles. The molecule has 0 fully saturated rings. The number of aliphatic carboxylic acids is 1. The van der Waals surface area contributed by atoms with Crippen LogP contribution in [0.3, 0.4) is 0 Å². The highest BCUT2D eigenvalue weighted by molar-refractivity contribution is 5.77. The second kappa shape index (κ2) is 3.77. The highest BCUT2D eigenvalue weighted by Gasteiger charge is 2.38. The number of rotatable bonds is 1.